The highest BCUT2D eigenvalue weighted by molar-refractivity contribution is 6.30. The van der Waals surface area contributed by atoms with Gasteiger partial charge in [-0.05, 0) is 43.1 Å². The number of hydrogen-bond acceptors (Lipinski definition) is 3. The van der Waals surface area contributed by atoms with Gasteiger partial charge in [0.15, 0.2) is 0 Å². The average molecular weight is 345 g/mol. The van der Waals surface area contributed by atoms with Gasteiger partial charge in [0.05, 0.1) is 11.6 Å². The first kappa shape index (κ1) is 16.3. The summed E-state index contributed by atoms with van der Waals surface area (Å²) in [5.74, 6) is 0.834. The molecule has 0 amide bonds. The first-order chi connectivity index (χ1) is 10.8. The van der Waals surface area contributed by atoms with E-state index in [4.69, 9.17) is 11.6 Å². The Morgan fingerprint density at radius 2 is 2.09 bits per heavy atom. The van der Waals surface area contributed by atoms with E-state index in [9.17, 15) is 13.2 Å². The summed E-state index contributed by atoms with van der Waals surface area (Å²) in [6, 6.07) is 3.77. The smallest absolute Gasteiger partial charge is 0.319 e. The summed E-state index contributed by atoms with van der Waals surface area (Å²) in [6.07, 6.45) is -0.871. The number of aromatic nitrogens is 3. The molecule has 1 saturated heterocycles. The molecule has 0 aliphatic carbocycles. The zero-order valence-electron chi connectivity index (χ0n) is 12.5. The number of rotatable bonds is 3. The molecular weight excluding hydrogens is 329 g/mol. The SMILES string of the molecule is Cn1cnnc1C1CCCN1Cc1cc(Cl)cc(C(F)(F)F)c1. The highest BCUT2D eigenvalue weighted by atomic mass is 35.5. The molecule has 0 spiro atoms. The number of aryl methyl sites for hydroxylation is 1. The van der Waals surface area contributed by atoms with Crippen LogP contribution in [0.25, 0.3) is 0 Å². The largest absolute Gasteiger partial charge is 0.416 e. The number of halogens is 4. The maximum absolute atomic E-state index is 12.9. The third-order valence-corrected chi connectivity index (χ3v) is 4.30. The minimum atomic E-state index is -4.40. The first-order valence-corrected chi connectivity index (χ1v) is 7.67. The monoisotopic (exact) mass is 344 g/mol. The zero-order chi connectivity index (χ0) is 16.6. The van der Waals surface area contributed by atoms with E-state index in [0.29, 0.717) is 12.1 Å². The van der Waals surface area contributed by atoms with Gasteiger partial charge in [0, 0.05) is 18.6 Å². The van der Waals surface area contributed by atoms with E-state index in [1.54, 1.807) is 12.4 Å². The second-order valence-corrected chi connectivity index (χ2v) is 6.21. The van der Waals surface area contributed by atoms with Gasteiger partial charge in [-0.3, -0.25) is 4.90 Å². The fourth-order valence-corrected chi connectivity index (χ4v) is 3.30. The number of nitrogens with zero attached hydrogens (tertiary/aromatic N) is 4. The lowest BCUT2D eigenvalue weighted by Gasteiger charge is -2.24. The minimum Gasteiger partial charge on any atom is -0.319 e. The summed E-state index contributed by atoms with van der Waals surface area (Å²) in [7, 11) is 1.87. The minimum absolute atomic E-state index is 0.0656. The zero-order valence-corrected chi connectivity index (χ0v) is 13.3. The Balaban J connectivity index is 1.84. The average Bonchev–Trinajstić information content (AvgIpc) is 3.05. The molecule has 1 aliphatic rings. The number of likely N-dealkylation sites (tertiary alicyclic amines) is 1. The van der Waals surface area contributed by atoms with Gasteiger partial charge in [0.1, 0.15) is 12.2 Å². The molecule has 0 saturated carbocycles. The predicted molar refractivity (Wildman–Crippen MR) is 79.8 cm³/mol. The predicted octanol–water partition coefficient (Wildman–Crippen LogP) is 3.82. The van der Waals surface area contributed by atoms with Crippen molar-refractivity contribution in [1.82, 2.24) is 19.7 Å². The van der Waals surface area contributed by atoms with Crippen LogP contribution in [0.1, 0.15) is 35.8 Å². The lowest BCUT2D eigenvalue weighted by molar-refractivity contribution is -0.137. The third-order valence-electron chi connectivity index (χ3n) is 4.08. The molecule has 1 fully saturated rings. The van der Waals surface area contributed by atoms with Crippen LogP contribution in [0, 0.1) is 0 Å². The van der Waals surface area contributed by atoms with E-state index >= 15 is 0 Å². The number of alkyl halides is 3. The van der Waals surface area contributed by atoms with Crippen LogP contribution in [0.4, 0.5) is 13.2 Å². The van der Waals surface area contributed by atoms with Crippen molar-refractivity contribution in [2.24, 2.45) is 7.05 Å². The van der Waals surface area contributed by atoms with Gasteiger partial charge in [-0.15, -0.1) is 10.2 Å². The second kappa shape index (κ2) is 6.13. The van der Waals surface area contributed by atoms with Gasteiger partial charge in [-0.1, -0.05) is 11.6 Å². The van der Waals surface area contributed by atoms with Crippen molar-refractivity contribution in [3.05, 3.63) is 46.5 Å². The Morgan fingerprint density at radius 3 is 2.74 bits per heavy atom. The van der Waals surface area contributed by atoms with Crippen LogP contribution >= 0.6 is 11.6 Å². The molecule has 1 aliphatic heterocycles. The van der Waals surface area contributed by atoms with Gasteiger partial charge < -0.3 is 4.57 Å². The van der Waals surface area contributed by atoms with Gasteiger partial charge >= 0.3 is 6.18 Å². The maximum atomic E-state index is 12.9. The molecule has 3 rings (SSSR count). The number of benzene rings is 1. The molecule has 2 aromatic rings. The molecule has 0 radical (unpaired) electrons. The first-order valence-electron chi connectivity index (χ1n) is 7.29. The van der Waals surface area contributed by atoms with Crippen LogP contribution < -0.4 is 0 Å². The molecule has 124 valence electrons. The molecule has 23 heavy (non-hydrogen) atoms. The lowest BCUT2D eigenvalue weighted by Crippen LogP contribution is -2.25. The van der Waals surface area contributed by atoms with Crippen molar-refractivity contribution in [1.29, 1.82) is 0 Å². The molecule has 4 nitrogen and oxygen atoms in total. The Hall–Kier alpha value is -1.60. The summed E-state index contributed by atoms with van der Waals surface area (Å²) in [4.78, 5) is 2.12. The molecule has 1 unspecified atom stereocenters. The summed E-state index contributed by atoms with van der Waals surface area (Å²) in [6.45, 7) is 1.21. The second-order valence-electron chi connectivity index (χ2n) is 5.77. The van der Waals surface area contributed by atoms with Gasteiger partial charge in [0.25, 0.3) is 0 Å². The van der Waals surface area contributed by atoms with E-state index in [2.05, 4.69) is 15.1 Å². The number of hydrogen-bond donors (Lipinski definition) is 0. The topological polar surface area (TPSA) is 34.0 Å². The van der Waals surface area contributed by atoms with Crippen molar-refractivity contribution >= 4 is 11.6 Å². The van der Waals surface area contributed by atoms with Crippen molar-refractivity contribution < 1.29 is 13.2 Å². The Bertz CT molecular complexity index is 698. The molecule has 2 heterocycles. The van der Waals surface area contributed by atoms with E-state index in [0.717, 1.165) is 37.3 Å². The highest BCUT2D eigenvalue weighted by Gasteiger charge is 2.33. The van der Waals surface area contributed by atoms with E-state index in [1.807, 2.05) is 11.6 Å². The van der Waals surface area contributed by atoms with E-state index in [-0.39, 0.29) is 11.1 Å². The molecule has 0 N–H and O–H groups in total. The summed E-state index contributed by atoms with van der Waals surface area (Å²) in [5.41, 5.74) is -0.159. The van der Waals surface area contributed by atoms with Crippen molar-refractivity contribution in [2.75, 3.05) is 6.54 Å². The van der Waals surface area contributed by atoms with Crippen LogP contribution in [0.3, 0.4) is 0 Å². The van der Waals surface area contributed by atoms with E-state index in [1.165, 1.54) is 0 Å². The van der Waals surface area contributed by atoms with Crippen molar-refractivity contribution in [2.45, 2.75) is 31.6 Å². The quantitative estimate of drug-likeness (QED) is 0.848. The molecule has 1 aromatic heterocycles. The Morgan fingerprint density at radius 1 is 1.30 bits per heavy atom. The Labute approximate surface area is 136 Å². The van der Waals surface area contributed by atoms with Crippen LogP contribution in [-0.4, -0.2) is 26.2 Å². The van der Waals surface area contributed by atoms with Gasteiger partial charge in [-0.2, -0.15) is 13.2 Å². The summed E-state index contributed by atoms with van der Waals surface area (Å²) < 4.78 is 40.6. The standard InChI is InChI=1S/C15H16ClF3N4/c1-22-9-20-21-14(22)13-3-2-4-23(13)8-10-5-11(15(17,18)19)7-12(16)6-10/h5-7,9,13H,2-4,8H2,1H3. The molecule has 8 heteroatoms. The summed E-state index contributed by atoms with van der Waals surface area (Å²) >= 11 is 5.86. The molecule has 1 aromatic carbocycles. The van der Waals surface area contributed by atoms with Gasteiger partial charge in [-0.25, -0.2) is 0 Å². The fraction of sp³-hybridized carbons (Fsp3) is 0.467. The van der Waals surface area contributed by atoms with Crippen molar-refractivity contribution in [3.8, 4) is 0 Å². The highest BCUT2D eigenvalue weighted by Crippen LogP contribution is 2.35. The van der Waals surface area contributed by atoms with E-state index < -0.39 is 11.7 Å². The molecule has 0 bridgehead atoms. The van der Waals surface area contributed by atoms with Crippen LogP contribution in [-0.2, 0) is 19.8 Å². The van der Waals surface area contributed by atoms with Crippen LogP contribution in [0.5, 0.6) is 0 Å². The fourth-order valence-electron chi connectivity index (χ4n) is 3.04. The molecule has 1 atom stereocenters. The van der Waals surface area contributed by atoms with Gasteiger partial charge in [0.2, 0.25) is 0 Å². The molecular formula is C15H16ClF3N4. The summed E-state index contributed by atoms with van der Waals surface area (Å²) in [5, 5.41) is 8.12. The third kappa shape index (κ3) is 3.50. The Kier molecular flexibility index (Phi) is 4.33. The normalized spacial score (nSPS) is 19.4. The van der Waals surface area contributed by atoms with Crippen LogP contribution in [0.2, 0.25) is 5.02 Å². The maximum Gasteiger partial charge on any atom is 0.416 e. The van der Waals surface area contributed by atoms with Crippen LogP contribution in [0.15, 0.2) is 24.5 Å². The lowest BCUT2D eigenvalue weighted by atomic mass is 10.1. The van der Waals surface area contributed by atoms with Crippen molar-refractivity contribution in [3.63, 3.8) is 0 Å².